The van der Waals surface area contributed by atoms with Gasteiger partial charge in [0.15, 0.2) is 0 Å². The number of hydrogen-bond donors (Lipinski definition) is 2. The van der Waals surface area contributed by atoms with E-state index in [1.165, 1.54) is 23.5 Å². The summed E-state index contributed by atoms with van der Waals surface area (Å²) >= 11 is 1.45. The molecule has 0 spiro atoms. The average Bonchev–Trinajstić information content (AvgIpc) is 3.06. The van der Waals surface area contributed by atoms with Gasteiger partial charge >= 0.3 is 0 Å². The van der Waals surface area contributed by atoms with Crippen LogP contribution < -0.4 is 0 Å². The van der Waals surface area contributed by atoms with Crippen LogP contribution in [0.15, 0.2) is 41.9 Å². The highest BCUT2D eigenvalue weighted by molar-refractivity contribution is 7.10. The van der Waals surface area contributed by atoms with Gasteiger partial charge in [0.2, 0.25) is 0 Å². The first-order valence-corrected chi connectivity index (χ1v) is 6.51. The molecular formula is C13H10N2O3S. The standard InChI is InChI=1S/C13H10N2O3S/c16-13(12-2-1-5-19-12)10-7-14-11-4-3-8(15(17)18)6-9(10)11/h1-7,13-14,16H. The smallest absolute Gasteiger partial charge is 0.270 e. The minimum absolute atomic E-state index is 0.0201. The fraction of sp³-hybridized carbons (Fsp3) is 0.0769. The van der Waals surface area contributed by atoms with Gasteiger partial charge in [-0.1, -0.05) is 6.07 Å². The average molecular weight is 274 g/mol. The van der Waals surface area contributed by atoms with Crippen LogP contribution in [0.5, 0.6) is 0 Å². The van der Waals surface area contributed by atoms with Gasteiger partial charge in [-0.25, -0.2) is 0 Å². The van der Waals surface area contributed by atoms with Crippen molar-refractivity contribution >= 4 is 27.9 Å². The Balaban J connectivity index is 2.13. The van der Waals surface area contributed by atoms with Crippen LogP contribution in [0.3, 0.4) is 0 Å². The number of fused-ring (bicyclic) bond motifs is 1. The van der Waals surface area contributed by atoms with E-state index in [1.54, 1.807) is 12.3 Å². The van der Waals surface area contributed by atoms with Crippen LogP contribution in [-0.4, -0.2) is 15.0 Å². The molecule has 0 aliphatic heterocycles. The lowest BCUT2D eigenvalue weighted by molar-refractivity contribution is -0.384. The van der Waals surface area contributed by atoms with E-state index in [4.69, 9.17) is 0 Å². The minimum Gasteiger partial charge on any atom is -0.383 e. The second-order valence-corrected chi connectivity index (χ2v) is 5.13. The number of non-ortho nitro benzene ring substituents is 1. The number of nitrogens with one attached hydrogen (secondary N) is 1. The molecule has 0 bridgehead atoms. The summed E-state index contributed by atoms with van der Waals surface area (Å²) in [5.41, 5.74) is 1.45. The van der Waals surface area contributed by atoms with Crippen LogP contribution in [0, 0.1) is 10.1 Å². The van der Waals surface area contributed by atoms with Crippen molar-refractivity contribution in [3.05, 3.63) is 62.5 Å². The third-order valence-electron chi connectivity index (χ3n) is 3.02. The zero-order chi connectivity index (χ0) is 13.4. The van der Waals surface area contributed by atoms with E-state index in [-0.39, 0.29) is 5.69 Å². The highest BCUT2D eigenvalue weighted by atomic mass is 32.1. The molecule has 0 aliphatic rings. The molecule has 2 N–H and O–H groups in total. The van der Waals surface area contributed by atoms with E-state index in [1.807, 2.05) is 17.5 Å². The van der Waals surface area contributed by atoms with Crippen LogP contribution in [0.25, 0.3) is 10.9 Å². The summed E-state index contributed by atoms with van der Waals surface area (Å²) in [5, 5.41) is 23.7. The largest absolute Gasteiger partial charge is 0.383 e. The van der Waals surface area contributed by atoms with E-state index < -0.39 is 11.0 Å². The Morgan fingerprint density at radius 3 is 2.89 bits per heavy atom. The summed E-state index contributed by atoms with van der Waals surface area (Å²) < 4.78 is 0. The summed E-state index contributed by atoms with van der Waals surface area (Å²) in [6.07, 6.45) is 0.925. The second-order valence-electron chi connectivity index (χ2n) is 4.15. The lowest BCUT2D eigenvalue weighted by Crippen LogP contribution is -1.95. The molecule has 3 aromatic rings. The third kappa shape index (κ3) is 2.00. The fourth-order valence-electron chi connectivity index (χ4n) is 2.07. The molecule has 0 saturated heterocycles. The lowest BCUT2D eigenvalue weighted by atomic mass is 10.1. The molecule has 2 aromatic heterocycles. The van der Waals surface area contributed by atoms with E-state index in [2.05, 4.69) is 4.98 Å². The maximum absolute atomic E-state index is 10.8. The van der Waals surface area contributed by atoms with E-state index in [0.29, 0.717) is 10.9 Å². The van der Waals surface area contributed by atoms with Gasteiger partial charge in [0.1, 0.15) is 6.10 Å². The topological polar surface area (TPSA) is 79.2 Å². The maximum atomic E-state index is 10.8. The number of H-pyrrole nitrogens is 1. The zero-order valence-electron chi connectivity index (χ0n) is 9.74. The molecule has 0 fully saturated rings. The molecular weight excluding hydrogens is 264 g/mol. The van der Waals surface area contributed by atoms with E-state index in [0.717, 1.165) is 10.4 Å². The predicted octanol–water partition coefficient (Wildman–Crippen LogP) is 3.22. The summed E-state index contributed by atoms with van der Waals surface area (Å²) in [5.74, 6) is 0. The number of aromatic nitrogens is 1. The fourth-order valence-corrected chi connectivity index (χ4v) is 2.80. The van der Waals surface area contributed by atoms with Gasteiger partial charge in [-0.2, -0.15) is 0 Å². The molecule has 0 radical (unpaired) electrons. The van der Waals surface area contributed by atoms with Crippen LogP contribution >= 0.6 is 11.3 Å². The first-order chi connectivity index (χ1) is 9.16. The highest BCUT2D eigenvalue weighted by Crippen LogP contribution is 2.32. The number of nitro benzene ring substituents is 1. The first kappa shape index (κ1) is 11.9. The normalized spacial score (nSPS) is 12.7. The summed E-state index contributed by atoms with van der Waals surface area (Å²) in [6, 6.07) is 8.28. The minimum atomic E-state index is -0.768. The Morgan fingerprint density at radius 2 is 2.21 bits per heavy atom. The molecule has 96 valence electrons. The molecule has 19 heavy (non-hydrogen) atoms. The number of nitro groups is 1. The molecule has 1 unspecified atom stereocenters. The number of benzene rings is 1. The van der Waals surface area contributed by atoms with Crippen molar-refractivity contribution in [3.63, 3.8) is 0 Å². The van der Waals surface area contributed by atoms with Gasteiger partial charge in [-0.3, -0.25) is 10.1 Å². The van der Waals surface area contributed by atoms with Crippen LogP contribution in [0.4, 0.5) is 5.69 Å². The Morgan fingerprint density at radius 1 is 1.37 bits per heavy atom. The van der Waals surface area contributed by atoms with Gasteiger partial charge in [0.25, 0.3) is 5.69 Å². The number of rotatable bonds is 3. The van der Waals surface area contributed by atoms with Gasteiger partial charge < -0.3 is 10.1 Å². The number of hydrogen-bond acceptors (Lipinski definition) is 4. The zero-order valence-corrected chi connectivity index (χ0v) is 10.6. The second kappa shape index (κ2) is 4.49. The molecule has 0 amide bonds. The molecule has 6 heteroatoms. The number of aliphatic hydroxyl groups excluding tert-OH is 1. The molecule has 0 saturated carbocycles. The number of aromatic amines is 1. The van der Waals surface area contributed by atoms with Crippen molar-refractivity contribution in [1.29, 1.82) is 0 Å². The predicted molar refractivity (Wildman–Crippen MR) is 73.3 cm³/mol. The highest BCUT2D eigenvalue weighted by Gasteiger charge is 2.18. The van der Waals surface area contributed by atoms with Crippen molar-refractivity contribution in [1.82, 2.24) is 4.98 Å². The van der Waals surface area contributed by atoms with E-state index in [9.17, 15) is 15.2 Å². The van der Waals surface area contributed by atoms with Crippen molar-refractivity contribution in [3.8, 4) is 0 Å². The Hall–Kier alpha value is -2.18. The third-order valence-corrected chi connectivity index (χ3v) is 3.94. The van der Waals surface area contributed by atoms with Gasteiger partial charge in [-0.05, 0) is 17.5 Å². The van der Waals surface area contributed by atoms with Gasteiger partial charge in [-0.15, -0.1) is 11.3 Å². The van der Waals surface area contributed by atoms with Gasteiger partial charge in [0.05, 0.1) is 4.92 Å². The van der Waals surface area contributed by atoms with Crippen LogP contribution in [0.1, 0.15) is 16.5 Å². The monoisotopic (exact) mass is 274 g/mol. The number of nitrogens with zero attached hydrogens (tertiary/aromatic N) is 1. The quantitative estimate of drug-likeness (QED) is 0.568. The lowest BCUT2D eigenvalue weighted by Gasteiger charge is -2.06. The molecule has 1 aromatic carbocycles. The summed E-state index contributed by atoms with van der Waals surface area (Å²) in [4.78, 5) is 14.2. The maximum Gasteiger partial charge on any atom is 0.270 e. The molecule has 1 atom stereocenters. The molecule has 0 aliphatic carbocycles. The Kier molecular flexibility index (Phi) is 2.81. The summed E-state index contributed by atoms with van der Waals surface area (Å²) in [7, 11) is 0. The summed E-state index contributed by atoms with van der Waals surface area (Å²) in [6.45, 7) is 0. The SMILES string of the molecule is O=[N+]([O-])c1ccc2[nH]cc(C(O)c3cccs3)c2c1. The van der Waals surface area contributed by atoms with Crippen molar-refractivity contribution in [2.24, 2.45) is 0 Å². The van der Waals surface area contributed by atoms with E-state index >= 15 is 0 Å². The van der Waals surface area contributed by atoms with Crippen LogP contribution in [0.2, 0.25) is 0 Å². The van der Waals surface area contributed by atoms with Crippen LogP contribution in [-0.2, 0) is 0 Å². The Labute approximate surface area is 112 Å². The molecule has 2 heterocycles. The number of thiophene rings is 1. The molecule has 3 rings (SSSR count). The molecule has 5 nitrogen and oxygen atoms in total. The Bertz CT molecular complexity index is 734. The van der Waals surface area contributed by atoms with Crippen molar-refractivity contribution < 1.29 is 10.0 Å². The first-order valence-electron chi connectivity index (χ1n) is 5.63. The van der Waals surface area contributed by atoms with Crippen molar-refractivity contribution in [2.75, 3.05) is 0 Å². The number of aliphatic hydroxyl groups is 1. The van der Waals surface area contributed by atoms with Crippen molar-refractivity contribution in [2.45, 2.75) is 6.10 Å². The van der Waals surface area contributed by atoms with Gasteiger partial charge in [0, 0.05) is 39.7 Å².